The van der Waals surface area contributed by atoms with Gasteiger partial charge < -0.3 is 4.98 Å². The lowest BCUT2D eigenvalue weighted by Crippen LogP contribution is -2.03. The summed E-state index contributed by atoms with van der Waals surface area (Å²) < 4.78 is 24.3. The number of nitrogens with one attached hydrogen (secondary N) is 1. The number of rotatable bonds is 4. The van der Waals surface area contributed by atoms with E-state index in [1.54, 1.807) is 41.7 Å². The normalized spacial score (nSPS) is 11.9. The predicted octanol–water partition coefficient (Wildman–Crippen LogP) is 1.75. The van der Waals surface area contributed by atoms with E-state index in [4.69, 9.17) is 0 Å². The maximum atomic E-state index is 11.3. The van der Waals surface area contributed by atoms with Gasteiger partial charge in [0.05, 0.1) is 18.3 Å². The van der Waals surface area contributed by atoms with Crippen molar-refractivity contribution in [2.75, 3.05) is 6.26 Å². The number of aromatic amines is 1. The van der Waals surface area contributed by atoms with Gasteiger partial charge in [0.2, 0.25) is 0 Å². The van der Waals surface area contributed by atoms with Crippen molar-refractivity contribution in [1.29, 1.82) is 0 Å². The van der Waals surface area contributed by atoms with E-state index in [0.29, 0.717) is 17.0 Å². The molecule has 4 aromatic heterocycles. The van der Waals surface area contributed by atoms with Gasteiger partial charge in [-0.05, 0) is 17.7 Å². The fourth-order valence-corrected chi connectivity index (χ4v) is 3.38. The predicted molar refractivity (Wildman–Crippen MR) is 92.8 cm³/mol. The molecule has 4 rings (SSSR count). The minimum Gasteiger partial charge on any atom is -0.329 e. The number of fused-ring (bicyclic) bond motifs is 1. The Bertz CT molecular complexity index is 1140. The van der Waals surface area contributed by atoms with Crippen LogP contribution in [-0.2, 0) is 15.6 Å². The number of sulfone groups is 1. The third-order valence-corrected chi connectivity index (χ3v) is 4.54. The average Bonchev–Trinajstić information content (AvgIpc) is 3.23. The number of imidazole rings is 1. The molecular weight excluding hydrogens is 340 g/mol. The van der Waals surface area contributed by atoms with Gasteiger partial charge in [-0.1, -0.05) is 6.07 Å². The molecule has 0 atom stereocenters. The summed E-state index contributed by atoms with van der Waals surface area (Å²) in [4.78, 5) is 15.8. The molecule has 0 amide bonds. The van der Waals surface area contributed by atoms with Crippen LogP contribution in [0.4, 0.5) is 0 Å². The summed E-state index contributed by atoms with van der Waals surface area (Å²) >= 11 is 0. The SMILES string of the molecule is CS(=O)(=O)Cc1ccc(-n2cc(-c3ccnc4[nH]cnc34)cn2)nc1. The summed E-state index contributed by atoms with van der Waals surface area (Å²) in [5.41, 5.74) is 3.95. The third kappa shape index (κ3) is 3.13. The van der Waals surface area contributed by atoms with Crippen LogP contribution in [0.5, 0.6) is 0 Å². The average molecular weight is 354 g/mol. The molecule has 0 spiro atoms. The second kappa shape index (κ2) is 5.78. The second-order valence-electron chi connectivity index (χ2n) is 5.73. The zero-order chi connectivity index (χ0) is 17.4. The monoisotopic (exact) mass is 354 g/mol. The van der Waals surface area contributed by atoms with Gasteiger partial charge in [-0.3, -0.25) is 0 Å². The highest BCUT2D eigenvalue weighted by atomic mass is 32.2. The molecule has 0 aliphatic heterocycles. The molecule has 0 unspecified atom stereocenters. The highest BCUT2D eigenvalue weighted by molar-refractivity contribution is 7.89. The molecule has 0 saturated heterocycles. The molecule has 0 aliphatic rings. The Balaban J connectivity index is 1.66. The molecule has 1 N–H and O–H groups in total. The topological polar surface area (TPSA) is 106 Å². The summed E-state index contributed by atoms with van der Waals surface area (Å²) in [6.07, 6.45) is 9.65. The minimum absolute atomic E-state index is 0.0290. The largest absolute Gasteiger partial charge is 0.329 e. The Morgan fingerprint density at radius 3 is 2.76 bits per heavy atom. The first kappa shape index (κ1) is 15.5. The van der Waals surface area contributed by atoms with Gasteiger partial charge in [0.25, 0.3) is 0 Å². The van der Waals surface area contributed by atoms with Crippen LogP contribution in [0.15, 0.2) is 49.3 Å². The summed E-state index contributed by atoms with van der Waals surface area (Å²) in [6.45, 7) is 0. The lowest BCUT2D eigenvalue weighted by atomic mass is 10.1. The van der Waals surface area contributed by atoms with Crippen molar-refractivity contribution in [3.63, 3.8) is 0 Å². The molecule has 4 aromatic rings. The van der Waals surface area contributed by atoms with Gasteiger partial charge in [-0.2, -0.15) is 5.10 Å². The highest BCUT2D eigenvalue weighted by Crippen LogP contribution is 2.25. The summed E-state index contributed by atoms with van der Waals surface area (Å²) in [5.74, 6) is 0.578. The molecule has 0 fully saturated rings. The Hall–Kier alpha value is -3.07. The number of hydrogen-bond acceptors (Lipinski definition) is 6. The summed E-state index contributed by atoms with van der Waals surface area (Å²) in [7, 11) is -3.08. The van der Waals surface area contributed by atoms with E-state index in [1.807, 2.05) is 12.3 Å². The zero-order valence-corrected chi connectivity index (χ0v) is 14.1. The smallest absolute Gasteiger partial charge is 0.157 e. The molecule has 126 valence electrons. The fourth-order valence-electron chi connectivity index (χ4n) is 2.61. The van der Waals surface area contributed by atoms with E-state index >= 15 is 0 Å². The first-order valence-electron chi connectivity index (χ1n) is 7.46. The van der Waals surface area contributed by atoms with E-state index in [1.165, 1.54) is 6.26 Å². The maximum absolute atomic E-state index is 11.3. The fraction of sp³-hybridized carbons (Fsp3) is 0.125. The van der Waals surface area contributed by atoms with Crippen molar-refractivity contribution in [1.82, 2.24) is 29.7 Å². The van der Waals surface area contributed by atoms with Crippen LogP contribution in [0.3, 0.4) is 0 Å². The Labute approximate surface area is 143 Å². The van der Waals surface area contributed by atoms with Gasteiger partial charge in [0.1, 0.15) is 5.52 Å². The van der Waals surface area contributed by atoms with Gasteiger partial charge in [-0.15, -0.1) is 0 Å². The molecule has 0 aromatic carbocycles. The van der Waals surface area contributed by atoms with E-state index in [-0.39, 0.29) is 5.75 Å². The quantitative estimate of drug-likeness (QED) is 0.598. The zero-order valence-electron chi connectivity index (χ0n) is 13.3. The lowest BCUT2D eigenvalue weighted by Gasteiger charge is -2.02. The van der Waals surface area contributed by atoms with E-state index in [2.05, 4.69) is 25.0 Å². The second-order valence-corrected chi connectivity index (χ2v) is 7.87. The van der Waals surface area contributed by atoms with Crippen molar-refractivity contribution in [2.24, 2.45) is 0 Å². The number of hydrogen-bond donors (Lipinski definition) is 1. The molecule has 0 aliphatic carbocycles. The molecule has 0 bridgehead atoms. The van der Waals surface area contributed by atoms with Crippen molar-refractivity contribution < 1.29 is 8.42 Å². The summed E-state index contributed by atoms with van der Waals surface area (Å²) in [6, 6.07) is 5.37. The Morgan fingerprint density at radius 2 is 2.00 bits per heavy atom. The van der Waals surface area contributed by atoms with Crippen molar-refractivity contribution in [3.05, 3.63) is 54.9 Å². The van der Waals surface area contributed by atoms with E-state index in [9.17, 15) is 8.42 Å². The van der Waals surface area contributed by atoms with Crippen molar-refractivity contribution in [2.45, 2.75) is 5.75 Å². The van der Waals surface area contributed by atoms with Crippen LogP contribution in [-0.4, -0.2) is 44.4 Å². The maximum Gasteiger partial charge on any atom is 0.157 e. The van der Waals surface area contributed by atoms with Crippen LogP contribution in [0.25, 0.3) is 28.1 Å². The standard InChI is InChI=1S/C16H14N6O2S/c1-25(23,24)9-11-2-3-14(18-6-11)22-8-12(7-21-22)13-4-5-17-16-15(13)19-10-20-16/h2-8,10H,9H2,1H3,(H,17,19,20). The number of aromatic nitrogens is 6. The number of H-pyrrole nitrogens is 1. The van der Waals surface area contributed by atoms with Gasteiger partial charge in [-0.25, -0.2) is 28.1 Å². The number of pyridine rings is 2. The molecule has 9 heteroatoms. The van der Waals surface area contributed by atoms with Crippen LogP contribution < -0.4 is 0 Å². The first-order valence-corrected chi connectivity index (χ1v) is 9.52. The highest BCUT2D eigenvalue weighted by Gasteiger charge is 2.11. The summed E-state index contributed by atoms with van der Waals surface area (Å²) in [5, 5.41) is 4.34. The molecule has 8 nitrogen and oxygen atoms in total. The molecular formula is C16H14N6O2S. The number of nitrogens with zero attached hydrogens (tertiary/aromatic N) is 5. The van der Waals surface area contributed by atoms with Gasteiger partial charge >= 0.3 is 0 Å². The lowest BCUT2D eigenvalue weighted by molar-refractivity contribution is 0.601. The minimum atomic E-state index is -3.08. The van der Waals surface area contributed by atoms with E-state index in [0.717, 1.165) is 16.6 Å². The van der Waals surface area contributed by atoms with Crippen LogP contribution >= 0.6 is 0 Å². The Kier molecular flexibility index (Phi) is 3.57. The molecule has 25 heavy (non-hydrogen) atoms. The molecule has 0 saturated carbocycles. The van der Waals surface area contributed by atoms with E-state index < -0.39 is 9.84 Å². The van der Waals surface area contributed by atoms with Crippen LogP contribution in [0, 0.1) is 0 Å². The first-order chi connectivity index (χ1) is 12.0. The van der Waals surface area contributed by atoms with Crippen LogP contribution in [0.2, 0.25) is 0 Å². The Morgan fingerprint density at radius 1 is 1.12 bits per heavy atom. The molecule has 4 heterocycles. The van der Waals surface area contributed by atoms with Crippen molar-refractivity contribution >= 4 is 21.0 Å². The van der Waals surface area contributed by atoms with Crippen LogP contribution in [0.1, 0.15) is 5.56 Å². The van der Waals surface area contributed by atoms with Gasteiger partial charge in [0.15, 0.2) is 21.3 Å². The third-order valence-electron chi connectivity index (χ3n) is 3.69. The van der Waals surface area contributed by atoms with Gasteiger partial charge in [0, 0.05) is 36.0 Å². The van der Waals surface area contributed by atoms with Crippen molar-refractivity contribution in [3.8, 4) is 16.9 Å². The molecule has 0 radical (unpaired) electrons.